The fourth-order valence-electron chi connectivity index (χ4n) is 2.36. The lowest BCUT2D eigenvalue weighted by atomic mass is 10.1. The SMILES string of the molecule is Nc1ccc(CNC(=O)Nc2ccc(CCn3cc(Br)cn3)cc2)cn1. The summed E-state index contributed by atoms with van der Waals surface area (Å²) in [6, 6.07) is 11.0. The van der Waals surface area contributed by atoms with E-state index in [0.29, 0.717) is 12.4 Å². The van der Waals surface area contributed by atoms with E-state index in [9.17, 15) is 4.79 Å². The summed E-state index contributed by atoms with van der Waals surface area (Å²) in [6.07, 6.45) is 6.22. The van der Waals surface area contributed by atoms with E-state index in [2.05, 4.69) is 36.6 Å². The number of aromatic nitrogens is 3. The van der Waals surface area contributed by atoms with Crippen LogP contribution in [0, 0.1) is 0 Å². The standard InChI is InChI=1S/C18H19BrN6O/c19-15-11-23-25(12-15)8-7-13-1-4-16(5-2-13)24-18(26)22-10-14-3-6-17(20)21-9-14/h1-6,9,11-12H,7-8,10H2,(H2,20,21)(H2,22,24,26). The molecule has 0 saturated heterocycles. The van der Waals surface area contributed by atoms with Gasteiger partial charge in [-0.2, -0.15) is 5.10 Å². The highest BCUT2D eigenvalue weighted by Gasteiger charge is 2.03. The van der Waals surface area contributed by atoms with E-state index >= 15 is 0 Å². The molecule has 4 N–H and O–H groups in total. The van der Waals surface area contributed by atoms with E-state index in [1.54, 1.807) is 18.5 Å². The summed E-state index contributed by atoms with van der Waals surface area (Å²) < 4.78 is 2.85. The van der Waals surface area contributed by atoms with Crippen molar-refractivity contribution in [2.45, 2.75) is 19.5 Å². The van der Waals surface area contributed by atoms with Crippen molar-refractivity contribution in [1.29, 1.82) is 0 Å². The zero-order valence-electron chi connectivity index (χ0n) is 14.0. The Morgan fingerprint density at radius 2 is 1.88 bits per heavy atom. The van der Waals surface area contributed by atoms with Gasteiger partial charge in [-0.1, -0.05) is 18.2 Å². The Balaban J connectivity index is 1.45. The van der Waals surface area contributed by atoms with Crippen LogP contribution in [0.4, 0.5) is 16.3 Å². The van der Waals surface area contributed by atoms with E-state index in [0.717, 1.165) is 28.7 Å². The van der Waals surface area contributed by atoms with E-state index in [4.69, 9.17) is 5.73 Å². The maximum Gasteiger partial charge on any atom is 0.319 e. The lowest BCUT2D eigenvalue weighted by molar-refractivity contribution is 0.251. The molecular formula is C18H19BrN6O. The number of amides is 2. The number of nitrogens with one attached hydrogen (secondary N) is 2. The Hall–Kier alpha value is -2.87. The molecule has 3 rings (SSSR count). The highest BCUT2D eigenvalue weighted by atomic mass is 79.9. The van der Waals surface area contributed by atoms with Gasteiger partial charge >= 0.3 is 6.03 Å². The minimum Gasteiger partial charge on any atom is -0.384 e. The van der Waals surface area contributed by atoms with E-state index in [-0.39, 0.29) is 6.03 Å². The van der Waals surface area contributed by atoms with Crippen molar-refractivity contribution in [3.05, 3.63) is 70.6 Å². The van der Waals surface area contributed by atoms with Gasteiger partial charge in [-0.25, -0.2) is 9.78 Å². The Morgan fingerprint density at radius 1 is 1.12 bits per heavy atom. The number of pyridine rings is 1. The van der Waals surface area contributed by atoms with Gasteiger partial charge in [-0.3, -0.25) is 4.68 Å². The van der Waals surface area contributed by atoms with Crippen LogP contribution in [0.3, 0.4) is 0 Å². The fraction of sp³-hybridized carbons (Fsp3) is 0.167. The number of carbonyl (C=O) groups is 1. The van der Waals surface area contributed by atoms with Gasteiger partial charge in [0, 0.05) is 31.2 Å². The number of nitrogens with two attached hydrogens (primary N) is 1. The molecule has 1 aromatic carbocycles. The predicted octanol–water partition coefficient (Wildman–Crippen LogP) is 3.19. The number of halogens is 1. The van der Waals surface area contributed by atoms with Crippen LogP contribution in [-0.2, 0) is 19.5 Å². The third kappa shape index (κ3) is 5.32. The summed E-state index contributed by atoms with van der Waals surface area (Å²) in [7, 11) is 0. The molecule has 3 aromatic rings. The van der Waals surface area contributed by atoms with Gasteiger partial charge in [0.15, 0.2) is 0 Å². The molecule has 0 saturated carbocycles. The minimum absolute atomic E-state index is 0.268. The molecule has 0 bridgehead atoms. The molecule has 26 heavy (non-hydrogen) atoms. The summed E-state index contributed by atoms with van der Waals surface area (Å²) in [5.74, 6) is 0.457. The van der Waals surface area contributed by atoms with Crippen molar-refractivity contribution < 1.29 is 4.79 Å². The second kappa shape index (κ2) is 8.48. The van der Waals surface area contributed by atoms with Crippen LogP contribution in [0.5, 0.6) is 0 Å². The zero-order chi connectivity index (χ0) is 18.4. The largest absolute Gasteiger partial charge is 0.384 e. The molecule has 2 amide bonds. The molecule has 8 heteroatoms. The maximum absolute atomic E-state index is 12.0. The predicted molar refractivity (Wildman–Crippen MR) is 105 cm³/mol. The van der Waals surface area contributed by atoms with E-state index < -0.39 is 0 Å². The molecule has 0 unspecified atom stereocenters. The van der Waals surface area contributed by atoms with Gasteiger partial charge in [-0.05, 0) is 51.7 Å². The smallest absolute Gasteiger partial charge is 0.319 e. The highest BCUT2D eigenvalue weighted by molar-refractivity contribution is 9.10. The minimum atomic E-state index is -0.268. The molecule has 7 nitrogen and oxygen atoms in total. The van der Waals surface area contributed by atoms with Crippen LogP contribution in [-0.4, -0.2) is 20.8 Å². The molecule has 0 aliphatic rings. The molecule has 0 radical (unpaired) electrons. The number of hydrogen-bond acceptors (Lipinski definition) is 4. The average molecular weight is 415 g/mol. The number of hydrogen-bond donors (Lipinski definition) is 3. The van der Waals surface area contributed by atoms with Crippen LogP contribution < -0.4 is 16.4 Å². The quantitative estimate of drug-likeness (QED) is 0.576. The van der Waals surface area contributed by atoms with Crippen molar-refractivity contribution in [2.75, 3.05) is 11.1 Å². The van der Waals surface area contributed by atoms with Gasteiger partial charge < -0.3 is 16.4 Å². The van der Waals surface area contributed by atoms with Crippen molar-refractivity contribution in [2.24, 2.45) is 0 Å². The van der Waals surface area contributed by atoms with Crippen molar-refractivity contribution in [3.8, 4) is 0 Å². The number of rotatable bonds is 6. The molecule has 0 atom stereocenters. The summed E-state index contributed by atoms with van der Waals surface area (Å²) in [6.45, 7) is 1.19. The Bertz CT molecular complexity index is 860. The third-order valence-electron chi connectivity index (χ3n) is 3.74. The molecule has 2 heterocycles. The Kier molecular flexibility index (Phi) is 5.85. The number of nitrogens with zero attached hydrogens (tertiary/aromatic N) is 3. The topological polar surface area (TPSA) is 97.9 Å². The van der Waals surface area contributed by atoms with Crippen molar-refractivity contribution in [3.63, 3.8) is 0 Å². The number of carbonyl (C=O) groups excluding carboxylic acids is 1. The van der Waals surface area contributed by atoms with Crippen LogP contribution in [0.2, 0.25) is 0 Å². The van der Waals surface area contributed by atoms with Crippen LogP contribution in [0.15, 0.2) is 59.5 Å². The molecule has 2 aromatic heterocycles. The van der Waals surface area contributed by atoms with E-state index in [1.807, 2.05) is 41.2 Å². The first-order valence-electron chi connectivity index (χ1n) is 8.10. The number of urea groups is 1. The molecule has 0 aliphatic carbocycles. The fourth-order valence-corrected chi connectivity index (χ4v) is 2.69. The van der Waals surface area contributed by atoms with Crippen LogP contribution in [0.1, 0.15) is 11.1 Å². The van der Waals surface area contributed by atoms with Crippen LogP contribution in [0.25, 0.3) is 0 Å². The molecule has 134 valence electrons. The summed E-state index contributed by atoms with van der Waals surface area (Å²) in [5, 5.41) is 9.82. The van der Waals surface area contributed by atoms with Gasteiger partial charge in [0.2, 0.25) is 0 Å². The summed E-state index contributed by atoms with van der Waals surface area (Å²) in [4.78, 5) is 16.0. The van der Waals surface area contributed by atoms with E-state index in [1.165, 1.54) is 5.56 Å². The summed E-state index contributed by atoms with van der Waals surface area (Å²) >= 11 is 3.38. The Morgan fingerprint density at radius 3 is 2.54 bits per heavy atom. The number of aryl methyl sites for hydroxylation is 2. The molecule has 0 spiro atoms. The lowest BCUT2D eigenvalue weighted by Crippen LogP contribution is -2.28. The highest BCUT2D eigenvalue weighted by Crippen LogP contribution is 2.12. The summed E-state index contributed by atoms with van der Waals surface area (Å²) in [5.41, 5.74) is 8.33. The second-order valence-electron chi connectivity index (χ2n) is 5.77. The van der Waals surface area contributed by atoms with Gasteiger partial charge in [-0.15, -0.1) is 0 Å². The molecule has 0 fully saturated rings. The second-order valence-corrected chi connectivity index (χ2v) is 6.68. The normalized spacial score (nSPS) is 10.5. The number of anilines is 2. The monoisotopic (exact) mass is 414 g/mol. The zero-order valence-corrected chi connectivity index (χ0v) is 15.6. The van der Waals surface area contributed by atoms with Gasteiger partial charge in [0.25, 0.3) is 0 Å². The third-order valence-corrected chi connectivity index (χ3v) is 4.15. The number of benzene rings is 1. The first-order valence-corrected chi connectivity index (χ1v) is 8.90. The maximum atomic E-state index is 12.0. The van der Waals surface area contributed by atoms with Gasteiger partial charge in [0.05, 0.1) is 10.7 Å². The first-order chi connectivity index (χ1) is 12.6. The number of nitrogen functional groups attached to an aromatic ring is 1. The van der Waals surface area contributed by atoms with Gasteiger partial charge in [0.1, 0.15) is 5.82 Å². The Labute approximate surface area is 159 Å². The molecular weight excluding hydrogens is 396 g/mol. The van der Waals surface area contributed by atoms with Crippen molar-refractivity contribution >= 4 is 33.5 Å². The lowest BCUT2D eigenvalue weighted by Gasteiger charge is -2.09. The average Bonchev–Trinajstić information content (AvgIpc) is 3.06. The molecule has 0 aliphatic heterocycles. The van der Waals surface area contributed by atoms with Crippen LogP contribution >= 0.6 is 15.9 Å². The first kappa shape index (κ1) is 17.9. The van der Waals surface area contributed by atoms with Crippen molar-refractivity contribution in [1.82, 2.24) is 20.1 Å².